The van der Waals surface area contributed by atoms with Crippen molar-refractivity contribution in [3.63, 3.8) is 0 Å². The molecular formula is C18H21N3O2. The average Bonchev–Trinajstić information content (AvgIpc) is 3.35. The lowest BCUT2D eigenvalue weighted by Gasteiger charge is -2.22. The maximum Gasteiger partial charge on any atom is 0.246 e. The number of carbonyl (C=O) groups excluding carboxylic acids is 2. The second kappa shape index (κ2) is 4.91. The number of fused-ring (bicyclic) bond motifs is 2. The molecule has 1 saturated carbocycles. The van der Waals surface area contributed by atoms with Crippen molar-refractivity contribution in [1.29, 1.82) is 0 Å². The summed E-state index contributed by atoms with van der Waals surface area (Å²) in [4.78, 5) is 26.0. The minimum absolute atomic E-state index is 0.0550. The standard InChI is InChI=1S/C18H21N3O2/c1-10-4-5-11-8-12(6-7-15(11)20(2)17(10)22)16-13-9-14(13)18(23)21(3)19-16/h6-8,10,13-14H,4-5,9H2,1-3H3. The van der Waals surface area contributed by atoms with E-state index in [-0.39, 0.29) is 29.6 Å². The molecule has 120 valence electrons. The molecule has 0 saturated heterocycles. The summed E-state index contributed by atoms with van der Waals surface area (Å²) in [6, 6.07) is 6.22. The summed E-state index contributed by atoms with van der Waals surface area (Å²) in [6.07, 6.45) is 2.68. The maximum absolute atomic E-state index is 12.3. The second-order valence-corrected chi connectivity index (χ2v) is 6.98. The van der Waals surface area contributed by atoms with Gasteiger partial charge < -0.3 is 4.90 Å². The van der Waals surface area contributed by atoms with Crippen LogP contribution in [0.25, 0.3) is 0 Å². The number of hydrogen-bond acceptors (Lipinski definition) is 3. The number of hydrazone groups is 1. The summed E-state index contributed by atoms with van der Waals surface area (Å²) < 4.78 is 0. The molecule has 1 fully saturated rings. The summed E-state index contributed by atoms with van der Waals surface area (Å²) >= 11 is 0. The topological polar surface area (TPSA) is 53.0 Å². The van der Waals surface area contributed by atoms with Gasteiger partial charge in [-0.05, 0) is 42.5 Å². The van der Waals surface area contributed by atoms with Gasteiger partial charge in [0.05, 0.1) is 5.71 Å². The molecule has 23 heavy (non-hydrogen) atoms. The smallest absolute Gasteiger partial charge is 0.246 e. The van der Waals surface area contributed by atoms with E-state index in [9.17, 15) is 9.59 Å². The second-order valence-electron chi connectivity index (χ2n) is 6.98. The fourth-order valence-corrected chi connectivity index (χ4v) is 3.78. The fourth-order valence-electron chi connectivity index (χ4n) is 3.78. The van der Waals surface area contributed by atoms with Gasteiger partial charge in [0, 0.05) is 37.5 Å². The highest BCUT2D eigenvalue weighted by Gasteiger charge is 2.51. The van der Waals surface area contributed by atoms with E-state index in [0.29, 0.717) is 0 Å². The van der Waals surface area contributed by atoms with Crippen molar-refractivity contribution < 1.29 is 9.59 Å². The van der Waals surface area contributed by atoms with Gasteiger partial charge in [-0.3, -0.25) is 9.59 Å². The van der Waals surface area contributed by atoms with Crippen molar-refractivity contribution in [3.05, 3.63) is 29.3 Å². The first-order valence-electron chi connectivity index (χ1n) is 8.24. The first kappa shape index (κ1) is 14.4. The van der Waals surface area contributed by atoms with E-state index in [2.05, 4.69) is 11.2 Å². The summed E-state index contributed by atoms with van der Waals surface area (Å²) in [6.45, 7) is 1.99. The Bertz CT molecular complexity index is 740. The van der Waals surface area contributed by atoms with Crippen molar-refractivity contribution in [1.82, 2.24) is 5.01 Å². The quantitative estimate of drug-likeness (QED) is 0.797. The minimum atomic E-state index is 0.0550. The van der Waals surface area contributed by atoms with Crippen LogP contribution in [0.3, 0.4) is 0 Å². The van der Waals surface area contributed by atoms with E-state index in [1.54, 1.807) is 11.9 Å². The van der Waals surface area contributed by atoms with E-state index < -0.39 is 0 Å². The SMILES string of the molecule is CC1CCc2cc(C3=NN(C)C(=O)C4CC34)ccc2N(C)C1=O. The van der Waals surface area contributed by atoms with Gasteiger partial charge in [0.15, 0.2) is 0 Å². The van der Waals surface area contributed by atoms with Crippen molar-refractivity contribution in [2.75, 3.05) is 19.0 Å². The molecule has 0 aromatic heterocycles. The molecule has 0 bridgehead atoms. The predicted octanol–water partition coefficient (Wildman–Crippen LogP) is 2.04. The molecule has 2 heterocycles. The van der Waals surface area contributed by atoms with E-state index >= 15 is 0 Å². The lowest BCUT2D eigenvalue weighted by Crippen LogP contribution is -2.31. The van der Waals surface area contributed by atoms with E-state index in [1.807, 2.05) is 26.1 Å². The largest absolute Gasteiger partial charge is 0.315 e. The zero-order valence-corrected chi connectivity index (χ0v) is 13.7. The zero-order chi connectivity index (χ0) is 16.3. The molecular weight excluding hydrogens is 290 g/mol. The van der Waals surface area contributed by atoms with Crippen LogP contribution in [-0.2, 0) is 16.0 Å². The third-order valence-electron chi connectivity index (χ3n) is 5.37. The molecule has 0 N–H and O–H groups in total. The van der Waals surface area contributed by atoms with Crippen LogP contribution in [0.1, 0.15) is 30.9 Å². The third-order valence-corrected chi connectivity index (χ3v) is 5.37. The molecule has 5 nitrogen and oxygen atoms in total. The average molecular weight is 311 g/mol. The third kappa shape index (κ3) is 2.18. The molecule has 1 aliphatic carbocycles. The normalized spacial score (nSPS) is 29.7. The van der Waals surface area contributed by atoms with Gasteiger partial charge in [-0.1, -0.05) is 13.0 Å². The Morgan fingerprint density at radius 3 is 2.70 bits per heavy atom. The Morgan fingerprint density at radius 1 is 1.13 bits per heavy atom. The van der Waals surface area contributed by atoms with Gasteiger partial charge in [0.25, 0.3) is 0 Å². The lowest BCUT2D eigenvalue weighted by molar-refractivity contribution is -0.131. The van der Waals surface area contributed by atoms with Crippen molar-refractivity contribution in [3.8, 4) is 0 Å². The van der Waals surface area contributed by atoms with Gasteiger partial charge in [-0.15, -0.1) is 0 Å². The number of hydrogen-bond donors (Lipinski definition) is 0. The zero-order valence-electron chi connectivity index (χ0n) is 13.7. The first-order valence-corrected chi connectivity index (χ1v) is 8.24. The molecule has 2 aliphatic heterocycles. The lowest BCUT2D eigenvalue weighted by atomic mass is 9.97. The summed E-state index contributed by atoms with van der Waals surface area (Å²) in [7, 11) is 3.58. The summed E-state index contributed by atoms with van der Waals surface area (Å²) in [5.41, 5.74) is 4.30. The maximum atomic E-state index is 12.3. The summed E-state index contributed by atoms with van der Waals surface area (Å²) in [5.74, 6) is 0.766. The molecule has 0 radical (unpaired) electrons. The highest BCUT2D eigenvalue weighted by Crippen LogP contribution is 2.45. The highest BCUT2D eigenvalue weighted by atomic mass is 16.2. The van der Waals surface area contributed by atoms with Crippen molar-refractivity contribution in [2.24, 2.45) is 22.9 Å². The van der Waals surface area contributed by atoms with Crippen LogP contribution in [0.5, 0.6) is 0 Å². The Morgan fingerprint density at radius 2 is 1.91 bits per heavy atom. The molecule has 5 heteroatoms. The molecule has 4 rings (SSSR count). The van der Waals surface area contributed by atoms with Crippen LogP contribution in [-0.4, -0.2) is 36.6 Å². The molecule has 0 spiro atoms. The Kier molecular flexibility index (Phi) is 3.08. The number of nitrogens with zero attached hydrogens (tertiary/aromatic N) is 3. The van der Waals surface area contributed by atoms with E-state index in [0.717, 1.165) is 36.2 Å². The van der Waals surface area contributed by atoms with Gasteiger partial charge >= 0.3 is 0 Å². The van der Waals surface area contributed by atoms with Crippen LogP contribution in [0.4, 0.5) is 5.69 Å². The Balaban J connectivity index is 1.73. The number of benzene rings is 1. The minimum Gasteiger partial charge on any atom is -0.315 e. The Hall–Kier alpha value is -2.17. The Labute approximate surface area is 136 Å². The number of amides is 2. The van der Waals surface area contributed by atoms with Crippen LogP contribution >= 0.6 is 0 Å². The fraction of sp³-hybridized carbons (Fsp3) is 0.500. The molecule has 3 atom stereocenters. The van der Waals surface area contributed by atoms with Crippen LogP contribution in [0.2, 0.25) is 0 Å². The van der Waals surface area contributed by atoms with Gasteiger partial charge in [-0.25, -0.2) is 5.01 Å². The highest BCUT2D eigenvalue weighted by molar-refractivity contribution is 6.10. The molecule has 1 aromatic rings. The monoisotopic (exact) mass is 311 g/mol. The number of aryl methyl sites for hydroxylation is 1. The van der Waals surface area contributed by atoms with E-state index in [4.69, 9.17) is 0 Å². The van der Waals surface area contributed by atoms with Crippen LogP contribution in [0.15, 0.2) is 23.3 Å². The van der Waals surface area contributed by atoms with Crippen LogP contribution in [0, 0.1) is 17.8 Å². The predicted molar refractivity (Wildman–Crippen MR) is 88.2 cm³/mol. The van der Waals surface area contributed by atoms with E-state index in [1.165, 1.54) is 10.6 Å². The van der Waals surface area contributed by atoms with Crippen molar-refractivity contribution in [2.45, 2.75) is 26.2 Å². The number of carbonyl (C=O) groups is 2. The number of rotatable bonds is 1. The van der Waals surface area contributed by atoms with Gasteiger partial charge in [0.1, 0.15) is 0 Å². The van der Waals surface area contributed by atoms with Crippen molar-refractivity contribution >= 4 is 23.2 Å². The summed E-state index contributed by atoms with van der Waals surface area (Å²) in [5, 5.41) is 5.98. The number of anilines is 1. The molecule has 3 unspecified atom stereocenters. The molecule has 3 aliphatic rings. The van der Waals surface area contributed by atoms with Crippen LogP contribution < -0.4 is 4.90 Å². The molecule has 1 aromatic carbocycles. The van der Waals surface area contributed by atoms with Gasteiger partial charge in [0.2, 0.25) is 11.8 Å². The molecule has 2 amide bonds. The first-order chi connectivity index (χ1) is 11.0. The van der Waals surface area contributed by atoms with Gasteiger partial charge in [-0.2, -0.15) is 5.10 Å².